The largest absolute Gasteiger partial charge is 0.409 e. The van der Waals surface area contributed by atoms with Gasteiger partial charge in [0, 0.05) is 23.2 Å². The Kier molecular flexibility index (Phi) is 5.72. The summed E-state index contributed by atoms with van der Waals surface area (Å²) in [4.78, 5) is 0.414. The Morgan fingerprint density at radius 1 is 0.974 bits per heavy atom. The summed E-state index contributed by atoms with van der Waals surface area (Å²) in [6.45, 7) is 3.00. The zero-order valence-corrected chi connectivity index (χ0v) is 25.0. The fraction of sp³-hybridized carbons (Fsp3) is 0.750. The van der Waals surface area contributed by atoms with Crippen LogP contribution in [-0.2, 0) is 4.74 Å². The molecule has 1 heterocycles. The van der Waals surface area contributed by atoms with Gasteiger partial charge in [0.2, 0.25) is 0 Å². The molecular formula is C32H38BrF3O2S. The molecule has 212 valence electrons. The van der Waals surface area contributed by atoms with E-state index in [-0.39, 0.29) is 10.9 Å². The van der Waals surface area contributed by atoms with Gasteiger partial charge in [-0.3, -0.25) is 0 Å². The number of hydrogen-bond donors (Lipinski definition) is 1. The third-order valence-corrected chi connectivity index (χ3v) is 15.1. The Morgan fingerprint density at radius 2 is 1.74 bits per heavy atom. The molecule has 7 atom stereocenters. The molecule has 2 nitrogen and oxygen atoms in total. The SMILES string of the molecule is C[C@]12CC(C3C4=C5CCC(=C3C4)C5Br)C3=C4CCC5(CC4CCC3C1CC[C@@]2(O)/C=C/C(F)(F)F)OCCS5. The normalized spacial score (nSPS) is 48.7. The Labute approximate surface area is 242 Å². The van der Waals surface area contributed by atoms with Crippen molar-refractivity contribution in [2.45, 2.75) is 99.1 Å². The van der Waals surface area contributed by atoms with Crippen LogP contribution in [0.1, 0.15) is 77.6 Å². The maximum absolute atomic E-state index is 13.3. The van der Waals surface area contributed by atoms with E-state index in [0.29, 0.717) is 41.0 Å². The summed E-state index contributed by atoms with van der Waals surface area (Å²) < 4.78 is 46.3. The van der Waals surface area contributed by atoms with Gasteiger partial charge in [0.15, 0.2) is 0 Å². The average Bonchev–Trinajstić information content (AvgIpc) is 3.45. The van der Waals surface area contributed by atoms with Crippen molar-refractivity contribution in [2.75, 3.05) is 12.4 Å². The fourth-order valence-electron chi connectivity index (χ4n) is 10.9. The zero-order valence-electron chi connectivity index (χ0n) is 22.6. The number of rotatable bonds is 2. The van der Waals surface area contributed by atoms with E-state index in [1.54, 1.807) is 33.4 Å². The van der Waals surface area contributed by atoms with Crippen molar-refractivity contribution < 1.29 is 23.0 Å². The third-order valence-electron chi connectivity index (χ3n) is 12.6. The lowest BCUT2D eigenvalue weighted by atomic mass is 9.46. The maximum Gasteiger partial charge on any atom is 0.409 e. The number of fused-ring (bicyclic) bond motifs is 4. The second-order valence-electron chi connectivity index (χ2n) is 14.0. The van der Waals surface area contributed by atoms with Gasteiger partial charge in [0.1, 0.15) is 4.93 Å². The van der Waals surface area contributed by atoms with Crippen molar-refractivity contribution in [3.63, 3.8) is 0 Å². The van der Waals surface area contributed by atoms with Crippen LogP contribution in [0.15, 0.2) is 45.6 Å². The van der Waals surface area contributed by atoms with Crippen LogP contribution in [0.5, 0.6) is 0 Å². The van der Waals surface area contributed by atoms with Crippen LogP contribution >= 0.6 is 27.7 Å². The molecule has 1 N–H and O–H groups in total. The smallest absolute Gasteiger partial charge is 0.385 e. The topological polar surface area (TPSA) is 29.5 Å². The number of allylic oxidation sites excluding steroid dienone is 7. The molecule has 39 heavy (non-hydrogen) atoms. The Balaban J connectivity index is 1.24. The highest BCUT2D eigenvalue weighted by Gasteiger charge is 2.65. The van der Waals surface area contributed by atoms with Crippen LogP contribution in [0.2, 0.25) is 0 Å². The van der Waals surface area contributed by atoms with E-state index in [4.69, 9.17) is 4.74 Å². The maximum atomic E-state index is 13.3. The lowest BCUT2D eigenvalue weighted by molar-refractivity contribution is -0.0907. The van der Waals surface area contributed by atoms with Crippen LogP contribution in [0.4, 0.5) is 13.2 Å². The first-order valence-corrected chi connectivity index (χ1v) is 17.0. The summed E-state index contributed by atoms with van der Waals surface area (Å²) in [5, 5.41) is 12.0. The molecule has 0 amide bonds. The van der Waals surface area contributed by atoms with Crippen molar-refractivity contribution >= 4 is 27.7 Å². The molecule has 0 radical (unpaired) electrons. The van der Waals surface area contributed by atoms with Crippen LogP contribution in [0, 0.1) is 35.0 Å². The molecule has 0 aromatic rings. The van der Waals surface area contributed by atoms with Gasteiger partial charge in [0.05, 0.1) is 17.0 Å². The monoisotopic (exact) mass is 622 g/mol. The lowest BCUT2D eigenvalue weighted by Gasteiger charge is -2.59. The van der Waals surface area contributed by atoms with Gasteiger partial charge in [-0.05, 0) is 100 Å². The first-order valence-electron chi connectivity index (χ1n) is 15.1. The van der Waals surface area contributed by atoms with Gasteiger partial charge in [-0.2, -0.15) is 13.2 Å². The summed E-state index contributed by atoms with van der Waals surface area (Å²) in [7, 11) is 0. The molecular weight excluding hydrogens is 585 g/mol. The summed E-state index contributed by atoms with van der Waals surface area (Å²) in [5.41, 5.74) is 7.82. The second-order valence-corrected chi connectivity index (χ2v) is 16.3. The summed E-state index contributed by atoms with van der Waals surface area (Å²) >= 11 is 6.00. The Bertz CT molecular complexity index is 1210. The Morgan fingerprint density at radius 3 is 2.44 bits per heavy atom. The molecule has 9 aliphatic rings. The molecule has 0 aromatic heterocycles. The molecule has 5 saturated carbocycles. The number of ether oxygens (including phenoxy) is 1. The van der Waals surface area contributed by atoms with Gasteiger partial charge < -0.3 is 9.84 Å². The minimum Gasteiger partial charge on any atom is -0.385 e. The number of halogens is 4. The number of thioether (sulfide) groups is 1. The number of hydrogen-bond acceptors (Lipinski definition) is 3. The van der Waals surface area contributed by atoms with E-state index >= 15 is 0 Å². The van der Waals surface area contributed by atoms with E-state index < -0.39 is 17.2 Å². The lowest BCUT2D eigenvalue weighted by Crippen LogP contribution is -2.54. The van der Waals surface area contributed by atoms with Gasteiger partial charge in [-0.1, -0.05) is 56.3 Å². The first kappa shape index (κ1) is 26.2. The molecule has 6 fully saturated rings. The van der Waals surface area contributed by atoms with Crippen molar-refractivity contribution in [1.82, 2.24) is 0 Å². The van der Waals surface area contributed by atoms with E-state index in [2.05, 4.69) is 22.9 Å². The van der Waals surface area contributed by atoms with E-state index in [1.807, 2.05) is 11.8 Å². The minimum atomic E-state index is -4.41. The average molecular weight is 624 g/mol. The van der Waals surface area contributed by atoms with Crippen LogP contribution < -0.4 is 0 Å². The van der Waals surface area contributed by atoms with Crippen molar-refractivity contribution in [1.29, 1.82) is 0 Å². The molecule has 9 rings (SSSR count). The predicted molar refractivity (Wildman–Crippen MR) is 151 cm³/mol. The number of aliphatic hydroxyl groups is 1. The molecule has 4 bridgehead atoms. The van der Waals surface area contributed by atoms with Gasteiger partial charge in [-0.15, -0.1) is 11.8 Å². The standard InChI is InChI=1S/C32H38BrF3O2S/c1-29-16-24(27-22-14-23(27)20-5-4-19(22)28(20)33)26-18-6-9-31(38-12-13-39-31)15-17(18)2-3-21(26)25(29)7-8-30(29,37)10-11-32(34,35)36/h10-11,17,21,24-25,27-28,37H,2-9,12-16H2,1H3/b11-10+/t17?,21?,24?,25?,27?,28?,29-,30+,31?/m0/s1. The molecule has 8 aliphatic carbocycles. The summed E-state index contributed by atoms with van der Waals surface area (Å²) in [6.07, 6.45) is 8.05. The highest BCUT2D eigenvalue weighted by Crippen LogP contribution is 2.71. The minimum absolute atomic E-state index is 0.000710. The molecule has 5 unspecified atom stereocenters. The molecule has 1 saturated heterocycles. The van der Waals surface area contributed by atoms with Crippen molar-refractivity contribution in [3.05, 3.63) is 45.6 Å². The van der Waals surface area contributed by atoms with Gasteiger partial charge >= 0.3 is 6.18 Å². The predicted octanol–water partition coefficient (Wildman–Crippen LogP) is 8.42. The third kappa shape index (κ3) is 3.60. The van der Waals surface area contributed by atoms with E-state index in [9.17, 15) is 18.3 Å². The van der Waals surface area contributed by atoms with Crippen LogP contribution in [0.25, 0.3) is 0 Å². The zero-order chi connectivity index (χ0) is 26.9. The Hall–Kier alpha value is -0.500. The summed E-state index contributed by atoms with van der Waals surface area (Å²) in [5.74, 6) is 3.02. The summed E-state index contributed by atoms with van der Waals surface area (Å²) in [6, 6.07) is 0. The molecule has 0 aromatic carbocycles. The number of alkyl halides is 4. The second kappa shape index (κ2) is 8.54. The molecule has 1 spiro atoms. The van der Waals surface area contributed by atoms with E-state index in [0.717, 1.165) is 82.6 Å². The van der Waals surface area contributed by atoms with Gasteiger partial charge in [0.25, 0.3) is 0 Å². The van der Waals surface area contributed by atoms with Crippen molar-refractivity contribution in [3.8, 4) is 0 Å². The van der Waals surface area contributed by atoms with Crippen LogP contribution in [0.3, 0.4) is 0 Å². The first-order chi connectivity index (χ1) is 18.5. The van der Waals surface area contributed by atoms with E-state index in [1.165, 1.54) is 0 Å². The van der Waals surface area contributed by atoms with Crippen LogP contribution in [-0.4, -0.2) is 39.0 Å². The van der Waals surface area contributed by atoms with Crippen molar-refractivity contribution in [2.24, 2.45) is 35.0 Å². The quantitative estimate of drug-likeness (QED) is 0.248. The highest BCUT2D eigenvalue weighted by molar-refractivity contribution is 9.09. The fourth-order valence-corrected chi connectivity index (χ4v) is 13.2. The molecule has 7 heteroatoms. The molecule has 1 aliphatic heterocycles. The highest BCUT2D eigenvalue weighted by atomic mass is 79.9. The van der Waals surface area contributed by atoms with Gasteiger partial charge in [-0.25, -0.2) is 0 Å².